The predicted molar refractivity (Wildman–Crippen MR) is 88.5 cm³/mol. The second kappa shape index (κ2) is 8.05. The number of rotatable bonds is 4. The Morgan fingerprint density at radius 2 is 2.43 bits per heavy atom. The van der Waals surface area contributed by atoms with Crippen LogP contribution in [0.2, 0.25) is 0 Å². The maximum absolute atomic E-state index is 12.2. The molecule has 1 unspecified atom stereocenters. The highest BCUT2D eigenvalue weighted by molar-refractivity contribution is 5.91. The van der Waals surface area contributed by atoms with Crippen LogP contribution in [-0.4, -0.2) is 47.1 Å². The van der Waals surface area contributed by atoms with Crippen LogP contribution < -0.4 is 10.6 Å². The Hall–Kier alpha value is -1.96. The molecule has 2 aromatic rings. The third kappa shape index (κ3) is 4.51. The SMILES string of the molecule is Cc1cc(NC(=O)CN2CCNCC2c2cccnc2)no1.Cl. The molecule has 8 heteroatoms. The lowest BCUT2D eigenvalue weighted by Crippen LogP contribution is -2.48. The molecule has 1 saturated heterocycles. The topological polar surface area (TPSA) is 83.3 Å². The molecule has 0 spiro atoms. The van der Waals surface area contributed by atoms with Gasteiger partial charge in [0.15, 0.2) is 5.82 Å². The molecule has 1 aliphatic rings. The van der Waals surface area contributed by atoms with Crippen LogP contribution in [0.25, 0.3) is 0 Å². The summed E-state index contributed by atoms with van der Waals surface area (Å²) in [6, 6.07) is 5.80. The molecular weight excluding hydrogens is 318 g/mol. The van der Waals surface area contributed by atoms with Gasteiger partial charge in [0.05, 0.1) is 6.54 Å². The number of hydrogen-bond acceptors (Lipinski definition) is 6. The Morgan fingerprint density at radius 3 is 3.13 bits per heavy atom. The first-order chi connectivity index (χ1) is 10.7. The van der Waals surface area contributed by atoms with E-state index in [1.54, 1.807) is 19.2 Å². The minimum Gasteiger partial charge on any atom is -0.360 e. The molecule has 2 aromatic heterocycles. The van der Waals surface area contributed by atoms with Gasteiger partial charge >= 0.3 is 0 Å². The number of nitrogens with zero attached hydrogens (tertiary/aromatic N) is 3. The van der Waals surface area contributed by atoms with Gasteiger partial charge in [-0.2, -0.15) is 0 Å². The van der Waals surface area contributed by atoms with Crippen molar-refractivity contribution in [2.24, 2.45) is 0 Å². The first-order valence-corrected chi connectivity index (χ1v) is 7.30. The van der Waals surface area contributed by atoms with E-state index < -0.39 is 0 Å². The molecule has 0 bridgehead atoms. The fourth-order valence-electron chi connectivity index (χ4n) is 2.63. The number of aromatic nitrogens is 2. The van der Waals surface area contributed by atoms with E-state index in [0.29, 0.717) is 18.1 Å². The lowest BCUT2D eigenvalue weighted by molar-refractivity contribution is -0.118. The van der Waals surface area contributed by atoms with Crippen LogP contribution in [0.3, 0.4) is 0 Å². The number of aryl methyl sites for hydroxylation is 1. The fraction of sp³-hybridized carbons (Fsp3) is 0.400. The summed E-state index contributed by atoms with van der Waals surface area (Å²) < 4.78 is 4.95. The molecule has 124 valence electrons. The van der Waals surface area contributed by atoms with Crippen LogP contribution in [0.4, 0.5) is 5.82 Å². The zero-order chi connectivity index (χ0) is 15.4. The number of anilines is 1. The Balaban J connectivity index is 0.00000192. The average molecular weight is 338 g/mol. The lowest BCUT2D eigenvalue weighted by atomic mass is 10.1. The van der Waals surface area contributed by atoms with Crippen molar-refractivity contribution in [3.63, 3.8) is 0 Å². The summed E-state index contributed by atoms with van der Waals surface area (Å²) >= 11 is 0. The van der Waals surface area contributed by atoms with E-state index in [1.807, 2.05) is 18.3 Å². The second-order valence-corrected chi connectivity index (χ2v) is 5.35. The summed E-state index contributed by atoms with van der Waals surface area (Å²) in [6.07, 6.45) is 3.60. The highest BCUT2D eigenvalue weighted by Gasteiger charge is 2.25. The number of amides is 1. The Labute approximate surface area is 140 Å². The van der Waals surface area contributed by atoms with Gasteiger partial charge in [0.25, 0.3) is 0 Å². The Bertz CT molecular complexity index is 634. The Kier molecular flexibility index (Phi) is 6.09. The second-order valence-electron chi connectivity index (χ2n) is 5.35. The maximum Gasteiger partial charge on any atom is 0.239 e. The monoisotopic (exact) mass is 337 g/mol. The van der Waals surface area contributed by atoms with Gasteiger partial charge in [0.2, 0.25) is 5.91 Å². The summed E-state index contributed by atoms with van der Waals surface area (Å²) in [5.74, 6) is 1.03. The molecule has 1 aliphatic heterocycles. The number of hydrogen-bond donors (Lipinski definition) is 2. The van der Waals surface area contributed by atoms with Gasteiger partial charge in [-0.3, -0.25) is 14.7 Å². The van der Waals surface area contributed by atoms with Gasteiger partial charge in [-0.05, 0) is 18.6 Å². The van der Waals surface area contributed by atoms with E-state index in [-0.39, 0.29) is 24.4 Å². The highest BCUT2D eigenvalue weighted by Crippen LogP contribution is 2.21. The first kappa shape index (κ1) is 17.4. The number of halogens is 1. The first-order valence-electron chi connectivity index (χ1n) is 7.30. The van der Waals surface area contributed by atoms with Crippen molar-refractivity contribution in [1.29, 1.82) is 0 Å². The van der Waals surface area contributed by atoms with Crippen molar-refractivity contribution in [3.05, 3.63) is 41.9 Å². The molecule has 0 aromatic carbocycles. The van der Waals surface area contributed by atoms with Crippen LogP contribution in [0.1, 0.15) is 17.4 Å². The van der Waals surface area contributed by atoms with Crippen molar-refractivity contribution >= 4 is 24.1 Å². The quantitative estimate of drug-likeness (QED) is 0.877. The van der Waals surface area contributed by atoms with Crippen LogP contribution in [-0.2, 0) is 4.79 Å². The van der Waals surface area contributed by atoms with Crippen molar-refractivity contribution in [2.45, 2.75) is 13.0 Å². The van der Waals surface area contributed by atoms with E-state index in [0.717, 1.165) is 25.2 Å². The van der Waals surface area contributed by atoms with Crippen LogP contribution >= 0.6 is 12.4 Å². The summed E-state index contributed by atoms with van der Waals surface area (Å²) in [4.78, 5) is 18.5. The van der Waals surface area contributed by atoms with Crippen molar-refractivity contribution < 1.29 is 9.32 Å². The van der Waals surface area contributed by atoms with Crippen molar-refractivity contribution in [2.75, 3.05) is 31.5 Å². The number of piperazine rings is 1. The minimum absolute atomic E-state index is 0. The van der Waals surface area contributed by atoms with E-state index in [9.17, 15) is 4.79 Å². The van der Waals surface area contributed by atoms with Crippen LogP contribution in [0, 0.1) is 6.92 Å². The van der Waals surface area contributed by atoms with E-state index >= 15 is 0 Å². The molecule has 23 heavy (non-hydrogen) atoms. The molecule has 2 N–H and O–H groups in total. The maximum atomic E-state index is 12.2. The molecule has 1 atom stereocenters. The molecule has 3 heterocycles. The number of carbonyl (C=O) groups excluding carboxylic acids is 1. The van der Waals surface area contributed by atoms with Crippen LogP contribution in [0.5, 0.6) is 0 Å². The molecule has 1 amide bonds. The van der Waals surface area contributed by atoms with E-state index in [2.05, 4.69) is 25.7 Å². The minimum atomic E-state index is -0.0934. The molecule has 3 rings (SSSR count). The fourth-order valence-corrected chi connectivity index (χ4v) is 2.63. The standard InChI is InChI=1S/C15H19N5O2.ClH/c1-11-7-14(19-22-11)18-15(21)10-20-6-5-17-9-13(20)12-3-2-4-16-8-12;/h2-4,7-8,13,17H,5-6,9-10H2,1H3,(H,18,19,21);1H. The average Bonchev–Trinajstić information content (AvgIpc) is 2.93. The zero-order valence-corrected chi connectivity index (χ0v) is 13.7. The third-order valence-corrected chi connectivity index (χ3v) is 3.67. The van der Waals surface area contributed by atoms with Crippen molar-refractivity contribution in [3.8, 4) is 0 Å². The number of carbonyl (C=O) groups is 1. The van der Waals surface area contributed by atoms with Gasteiger partial charge in [-0.25, -0.2) is 0 Å². The van der Waals surface area contributed by atoms with Gasteiger partial charge in [0, 0.05) is 44.1 Å². The van der Waals surface area contributed by atoms with Gasteiger partial charge in [0.1, 0.15) is 5.76 Å². The molecule has 7 nitrogen and oxygen atoms in total. The molecule has 0 saturated carbocycles. The smallest absolute Gasteiger partial charge is 0.239 e. The predicted octanol–water partition coefficient (Wildman–Crippen LogP) is 1.38. The number of nitrogens with one attached hydrogen (secondary N) is 2. The van der Waals surface area contributed by atoms with E-state index in [1.165, 1.54) is 0 Å². The molecule has 1 fully saturated rings. The normalized spacial score (nSPS) is 18.2. The summed E-state index contributed by atoms with van der Waals surface area (Å²) in [5, 5.41) is 9.90. The largest absolute Gasteiger partial charge is 0.360 e. The van der Waals surface area contributed by atoms with Gasteiger partial charge < -0.3 is 15.2 Å². The molecular formula is C15H20ClN5O2. The summed E-state index contributed by atoms with van der Waals surface area (Å²) in [5.41, 5.74) is 1.11. The highest BCUT2D eigenvalue weighted by atomic mass is 35.5. The van der Waals surface area contributed by atoms with Gasteiger partial charge in [-0.15, -0.1) is 12.4 Å². The summed E-state index contributed by atoms with van der Waals surface area (Å²) in [6.45, 7) is 4.59. The number of pyridine rings is 1. The zero-order valence-electron chi connectivity index (χ0n) is 12.9. The third-order valence-electron chi connectivity index (χ3n) is 3.67. The van der Waals surface area contributed by atoms with Crippen molar-refractivity contribution in [1.82, 2.24) is 20.4 Å². The van der Waals surface area contributed by atoms with E-state index in [4.69, 9.17) is 4.52 Å². The molecule has 0 aliphatic carbocycles. The van der Waals surface area contributed by atoms with Crippen LogP contribution in [0.15, 0.2) is 35.1 Å². The Morgan fingerprint density at radius 1 is 1.57 bits per heavy atom. The molecule has 0 radical (unpaired) electrons. The lowest BCUT2D eigenvalue weighted by Gasteiger charge is -2.35. The van der Waals surface area contributed by atoms with Gasteiger partial charge in [-0.1, -0.05) is 11.2 Å². The summed E-state index contributed by atoms with van der Waals surface area (Å²) in [7, 11) is 0.